The Balaban J connectivity index is 1.03. The Bertz CT molecular complexity index is 1760. The molecule has 2 aromatic heterocycles. The van der Waals surface area contributed by atoms with Crippen LogP contribution in [0, 0.1) is 11.3 Å². The molecule has 2 fully saturated rings. The van der Waals surface area contributed by atoms with Crippen LogP contribution in [0.1, 0.15) is 70.7 Å². The van der Waals surface area contributed by atoms with E-state index in [1.165, 1.54) is 0 Å². The number of aromatic carboxylic acids is 1. The van der Waals surface area contributed by atoms with E-state index >= 15 is 0 Å². The summed E-state index contributed by atoms with van der Waals surface area (Å²) < 4.78 is 19.7. The Morgan fingerprint density at radius 2 is 2.05 bits per heavy atom. The van der Waals surface area contributed by atoms with E-state index in [4.69, 9.17) is 24.2 Å². The summed E-state index contributed by atoms with van der Waals surface area (Å²) in [5.74, 6) is 1.61. The van der Waals surface area contributed by atoms with Crippen molar-refractivity contribution in [1.29, 1.82) is 5.26 Å². The van der Waals surface area contributed by atoms with Crippen LogP contribution in [0.4, 0.5) is 0 Å². The first-order valence-corrected chi connectivity index (χ1v) is 15.3. The predicted octanol–water partition coefficient (Wildman–Crippen LogP) is 5.07. The van der Waals surface area contributed by atoms with E-state index in [0.29, 0.717) is 55.5 Å². The van der Waals surface area contributed by atoms with Gasteiger partial charge in [-0.05, 0) is 68.6 Å². The molecule has 0 bridgehead atoms. The van der Waals surface area contributed by atoms with Crippen molar-refractivity contribution in [2.75, 3.05) is 19.8 Å². The lowest BCUT2D eigenvalue weighted by molar-refractivity contribution is -0.0592. The first-order valence-electron chi connectivity index (χ1n) is 15.3. The van der Waals surface area contributed by atoms with Gasteiger partial charge in [0.15, 0.2) is 0 Å². The first kappa shape index (κ1) is 28.3. The zero-order chi connectivity index (χ0) is 30.2. The molecule has 10 heteroatoms. The van der Waals surface area contributed by atoms with Crippen LogP contribution in [0.2, 0.25) is 0 Å². The number of benzene rings is 2. The fourth-order valence-corrected chi connectivity index (χ4v) is 6.64. The number of hydrogen-bond acceptors (Lipinski definition) is 8. The van der Waals surface area contributed by atoms with Crippen molar-refractivity contribution in [3.63, 3.8) is 0 Å². The van der Waals surface area contributed by atoms with Gasteiger partial charge < -0.3 is 23.9 Å². The van der Waals surface area contributed by atoms with Gasteiger partial charge in [0, 0.05) is 42.3 Å². The number of pyridine rings is 1. The molecule has 3 aliphatic rings. The molecule has 4 aromatic rings. The smallest absolute Gasteiger partial charge is 0.335 e. The van der Waals surface area contributed by atoms with Crippen molar-refractivity contribution in [2.24, 2.45) is 0 Å². The molecule has 3 aliphatic heterocycles. The number of imidazole rings is 1. The number of carboxylic acid groups (broad SMARTS) is 1. The van der Waals surface area contributed by atoms with Crippen molar-refractivity contribution >= 4 is 17.0 Å². The van der Waals surface area contributed by atoms with E-state index in [9.17, 15) is 15.2 Å². The molecule has 1 N–H and O–H groups in total. The lowest BCUT2D eigenvalue weighted by Gasteiger charge is -2.37. The molecule has 2 saturated heterocycles. The second-order valence-electron chi connectivity index (χ2n) is 11.9. The molecule has 0 spiro atoms. The highest BCUT2D eigenvalue weighted by Crippen LogP contribution is 2.35. The second kappa shape index (κ2) is 11.9. The molecule has 44 heavy (non-hydrogen) atoms. The van der Waals surface area contributed by atoms with Crippen molar-refractivity contribution in [1.82, 2.24) is 19.4 Å². The second-order valence-corrected chi connectivity index (χ2v) is 11.9. The minimum Gasteiger partial charge on any atom is -0.492 e. The number of fused-ring (bicyclic) bond motifs is 2. The van der Waals surface area contributed by atoms with E-state index in [1.807, 2.05) is 18.2 Å². The predicted molar refractivity (Wildman–Crippen MR) is 162 cm³/mol. The summed E-state index contributed by atoms with van der Waals surface area (Å²) in [7, 11) is 0. The average Bonchev–Trinajstić information content (AvgIpc) is 3.64. The van der Waals surface area contributed by atoms with Gasteiger partial charge in [-0.15, -0.1) is 0 Å². The molecule has 0 amide bonds. The zero-order valence-corrected chi connectivity index (χ0v) is 24.7. The third-order valence-electron chi connectivity index (χ3n) is 9.23. The number of carbonyl (C=O) groups is 1. The van der Waals surface area contributed by atoms with Crippen LogP contribution in [-0.2, 0) is 30.9 Å². The van der Waals surface area contributed by atoms with Crippen LogP contribution in [0.25, 0.3) is 11.0 Å². The van der Waals surface area contributed by atoms with Crippen molar-refractivity contribution < 1.29 is 24.1 Å². The van der Waals surface area contributed by atoms with Gasteiger partial charge in [-0.1, -0.05) is 12.1 Å². The number of ether oxygens (including phenoxy) is 3. The minimum atomic E-state index is -0.938. The number of nitriles is 1. The molecule has 10 nitrogen and oxygen atoms in total. The number of piperidine rings is 1. The highest BCUT2D eigenvalue weighted by atomic mass is 16.5. The lowest BCUT2D eigenvalue weighted by atomic mass is 9.88. The molecule has 7 rings (SSSR count). The van der Waals surface area contributed by atoms with Gasteiger partial charge in [0.1, 0.15) is 24.3 Å². The summed E-state index contributed by atoms with van der Waals surface area (Å²) in [6.07, 6.45) is 3.85. The fourth-order valence-electron chi connectivity index (χ4n) is 6.64. The number of aromatic nitrogens is 3. The van der Waals surface area contributed by atoms with Crippen molar-refractivity contribution in [3.05, 3.63) is 82.3 Å². The van der Waals surface area contributed by atoms with Gasteiger partial charge >= 0.3 is 5.97 Å². The molecular weight excluding hydrogens is 558 g/mol. The van der Waals surface area contributed by atoms with Crippen LogP contribution in [0.15, 0.2) is 48.5 Å². The number of carboxylic acids is 1. The molecule has 1 unspecified atom stereocenters. The maximum absolute atomic E-state index is 11.7. The lowest BCUT2D eigenvalue weighted by Crippen LogP contribution is -2.40. The Kier molecular flexibility index (Phi) is 7.66. The molecule has 3 atom stereocenters. The first-order chi connectivity index (χ1) is 21.5. The summed E-state index contributed by atoms with van der Waals surface area (Å²) >= 11 is 0. The van der Waals surface area contributed by atoms with E-state index in [-0.39, 0.29) is 11.7 Å². The molecule has 2 aromatic carbocycles. The molecular formula is C34H35N5O5. The number of rotatable bonds is 9. The quantitative estimate of drug-likeness (QED) is 0.283. The Labute approximate surface area is 255 Å². The van der Waals surface area contributed by atoms with Crippen LogP contribution in [-0.4, -0.2) is 62.4 Å². The number of nitrogens with zero attached hydrogens (tertiary/aromatic N) is 5. The van der Waals surface area contributed by atoms with E-state index in [0.717, 1.165) is 72.5 Å². The minimum absolute atomic E-state index is 0.134. The van der Waals surface area contributed by atoms with Gasteiger partial charge in [-0.3, -0.25) is 4.90 Å². The van der Waals surface area contributed by atoms with E-state index in [1.54, 1.807) is 24.3 Å². The maximum Gasteiger partial charge on any atom is 0.335 e. The topological polar surface area (TPSA) is 123 Å². The van der Waals surface area contributed by atoms with Gasteiger partial charge in [-0.25, -0.2) is 14.8 Å². The molecule has 226 valence electrons. The standard InChI is InChI=1S/C34H35N5O5/c1-21-15-22(28-3-2-4-32(37-28)44-20-25-6-5-24(17-35)33-27(25)11-14-43-33)9-12-38(21)19-31-36-29-8-7-23(34(40)41)16-30(29)39(31)18-26-10-13-42-26/h2-8,16,21-22,26H,9-15,18-20H2,1H3,(H,40,41)/t21-,22?,26+/m1/s1. The van der Waals surface area contributed by atoms with Gasteiger partial charge in [0.2, 0.25) is 5.88 Å². The van der Waals surface area contributed by atoms with Crippen molar-refractivity contribution in [2.45, 2.75) is 70.4 Å². The highest BCUT2D eigenvalue weighted by molar-refractivity contribution is 5.92. The summed E-state index contributed by atoms with van der Waals surface area (Å²) in [5, 5.41) is 18.9. The summed E-state index contributed by atoms with van der Waals surface area (Å²) in [5.41, 5.74) is 5.61. The largest absolute Gasteiger partial charge is 0.492 e. The zero-order valence-electron chi connectivity index (χ0n) is 24.7. The summed E-state index contributed by atoms with van der Waals surface area (Å²) in [6, 6.07) is 17.4. The molecule has 5 heterocycles. The number of hydrogen-bond donors (Lipinski definition) is 1. The maximum atomic E-state index is 11.7. The Morgan fingerprint density at radius 3 is 2.82 bits per heavy atom. The normalized spacial score (nSPS) is 21.3. The fraction of sp³-hybridized carbons (Fsp3) is 0.412. The molecule has 0 saturated carbocycles. The summed E-state index contributed by atoms with van der Waals surface area (Å²) in [4.78, 5) is 23.9. The van der Waals surface area contributed by atoms with Gasteiger partial charge in [0.25, 0.3) is 0 Å². The van der Waals surface area contributed by atoms with E-state index < -0.39 is 5.97 Å². The van der Waals surface area contributed by atoms with Crippen LogP contribution in [0.3, 0.4) is 0 Å². The van der Waals surface area contributed by atoms with E-state index in [2.05, 4.69) is 28.5 Å². The highest BCUT2D eigenvalue weighted by Gasteiger charge is 2.30. The van der Waals surface area contributed by atoms with Crippen LogP contribution in [0.5, 0.6) is 11.6 Å². The SMILES string of the molecule is C[C@@H]1CC(c2cccc(OCc3ccc(C#N)c4c3CCO4)n2)CCN1Cc1nc2ccc(C(=O)O)cc2n1C[C@@H]1CCO1. The Morgan fingerprint density at radius 1 is 1.16 bits per heavy atom. The average molecular weight is 594 g/mol. The van der Waals surface area contributed by atoms with Crippen LogP contribution < -0.4 is 9.47 Å². The third-order valence-corrected chi connectivity index (χ3v) is 9.23. The van der Waals surface area contributed by atoms with Gasteiger partial charge in [-0.2, -0.15) is 5.26 Å². The third kappa shape index (κ3) is 5.49. The summed E-state index contributed by atoms with van der Waals surface area (Å²) in [6.45, 7) is 6.25. The Hall–Kier alpha value is -4.46. The van der Waals surface area contributed by atoms with Crippen molar-refractivity contribution in [3.8, 4) is 17.7 Å². The van der Waals surface area contributed by atoms with Crippen LogP contribution >= 0.6 is 0 Å². The number of likely N-dealkylation sites (tertiary alicyclic amines) is 1. The molecule has 0 aliphatic carbocycles. The monoisotopic (exact) mass is 593 g/mol. The molecule has 0 radical (unpaired) electrons. The van der Waals surface area contributed by atoms with Gasteiger partial charge in [0.05, 0.1) is 48.0 Å².